The SMILES string of the molecule is c1cnc(-c2nc(-c3cnccn3)c(-c3cnccn3)nc2-c2cnccn2)cn1. The van der Waals surface area contributed by atoms with Crippen LogP contribution in [-0.2, 0) is 0 Å². The molecule has 0 aliphatic heterocycles. The first-order chi connectivity index (χ1) is 14.9. The highest BCUT2D eigenvalue weighted by Crippen LogP contribution is 2.33. The molecule has 5 aromatic heterocycles. The summed E-state index contributed by atoms with van der Waals surface area (Å²) in [5, 5.41) is 0. The maximum atomic E-state index is 4.86. The molecule has 30 heavy (non-hydrogen) atoms. The monoisotopic (exact) mass is 392 g/mol. The van der Waals surface area contributed by atoms with Gasteiger partial charge < -0.3 is 0 Å². The average Bonchev–Trinajstić information content (AvgIpc) is 2.85. The molecule has 0 spiro atoms. The van der Waals surface area contributed by atoms with Crippen molar-refractivity contribution in [2.24, 2.45) is 0 Å². The third-order valence-electron chi connectivity index (χ3n) is 4.12. The first kappa shape index (κ1) is 17.5. The van der Waals surface area contributed by atoms with Crippen molar-refractivity contribution in [3.05, 3.63) is 74.4 Å². The van der Waals surface area contributed by atoms with Crippen LogP contribution in [0.25, 0.3) is 45.6 Å². The first-order valence-corrected chi connectivity index (χ1v) is 8.88. The van der Waals surface area contributed by atoms with Crippen LogP contribution in [-0.4, -0.2) is 49.8 Å². The summed E-state index contributed by atoms with van der Waals surface area (Å²) in [7, 11) is 0. The fraction of sp³-hybridized carbons (Fsp3) is 0. The molecule has 142 valence electrons. The second kappa shape index (κ2) is 7.80. The highest BCUT2D eigenvalue weighted by Gasteiger charge is 2.22. The van der Waals surface area contributed by atoms with E-state index in [9.17, 15) is 0 Å². The van der Waals surface area contributed by atoms with Gasteiger partial charge in [0.25, 0.3) is 0 Å². The van der Waals surface area contributed by atoms with Gasteiger partial charge in [-0.2, -0.15) is 0 Å². The highest BCUT2D eigenvalue weighted by atomic mass is 15.0. The molecule has 10 nitrogen and oxygen atoms in total. The fourth-order valence-electron chi connectivity index (χ4n) is 2.84. The number of hydrogen-bond acceptors (Lipinski definition) is 10. The van der Waals surface area contributed by atoms with Gasteiger partial charge in [0, 0.05) is 49.6 Å². The largest absolute Gasteiger partial charge is 0.261 e. The van der Waals surface area contributed by atoms with Gasteiger partial charge in [0.15, 0.2) is 0 Å². The Morgan fingerprint density at radius 1 is 0.333 bits per heavy atom. The molecule has 5 heterocycles. The molecular weight excluding hydrogens is 380 g/mol. The van der Waals surface area contributed by atoms with E-state index in [-0.39, 0.29) is 0 Å². The number of aromatic nitrogens is 10. The van der Waals surface area contributed by atoms with Crippen molar-refractivity contribution in [2.45, 2.75) is 0 Å². The molecule has 0 aliphatic rings. The molecule has 0 radical (unpaired) electrons. The predicted molar refractivity (Wildman–Crippen MR) is 106 cm³/mol. The molecule has 0 aromatic carbocycles. The predicted octanol–water partition coefficient (Wildman–Crippen LogP) is 2.30. The Balaban J connectivity index is 1.85. The standard InChI is InChI=1S/C20H12N10/c1-5-25-13(9-21-1)17-18(14-10-22-2-6-26-14)30-20(16-12-24-4-8-28-16)19(29-17)15-11-23-3-7-27-15/h1-12H. The molecule has 0 aliphatic carbocycles. The maximum absolute atomic E-state index is 4.86. The van der Waals surface area contributed by atoms with Crippen LogP contribution < -0.4 is 0 Å². The summed E-state index contributed by atoms with van der Waals surface area (Å²) >= 11 is 0. The summed E-state index contributed by atoms with van der Waals surface area (Å²) in [6, 6.07) is 0. The Kier molecular flexibility index (Phi) is 4.55. The third kappa shape index (κ3) is 3.33. The molecule has 0 saturated heterocycles. The van der Waals surface area contributed by atoms with Crippen LogP contribution >= 0.6 is 0 Å². The Bertz CT molecular complexity index is 1070. The average molecular weight is 392 g/mol. The van der Waals surface area contributed by atoms with Crippen molar-refractivity contribution in [1.29, 1.82) is 0 Å². The smallest absolute Gasteiger partial charge is 0.119 e. The lowest BCUT2D eigenvalue weighted by Crippen LogP contribution is -2.04. The van der Waals surface area contributed by atoms with E-state index in [2.05, 4.69) is 39.9 Å². The topological polar surface area (TPSA) is 129 Å². The summed E-state index contributed by atoms with van der Waals surface area (Å²) in [5.41, 5.74) is 4.16. The van der Waals surface area contributed by atoms with E-state index >= 15 is 0 Å². The summed E-state index contributed by atoms with van der Waals surface area (Å²) < 4.78 is 0. The van der Waals surface area contributed by atoms with E-state index in [0.29, 0.717) is 45.6 Å². The van der Waals surface area contributed by atoms with Crippen LogP contribution in [0, 0.1) is 0 Å². The first-order valence-electron chi connectivity index (χ1n) is 8.88. The van der Waals surface area contributed by atoms with Gasteiger partial charge in [-0.05, 0) is 0 Å². The molecule has 5 rings (SSSR count). The normalized spacial score (nSPS) is 10.7. The molecule has 0 atom stereocenters. The van der Waals surface area contributed by atoms with E-state index in [1.54, 1.807) is 74.4 Å². The lowest BCUT2D eigenvalue weighted by Gasteiger charge is -2.13. The van der Waals surface area contributed by atoms with Crippen molar-refractivity contribution in [2.75, 3.05) is 0 Å². The van der Waals surface area contributed by atoms with Crippen LogP contribution in [0.3, 0.4) is 0 Å². The minimum absolute atomic E-state index is 0.497. The van der Waals surface area contributed by atoms with Gasteiger partial charge in [-0.25, -0.2) is 9.97 Å². The maximum Gasteiger partial charge on any atom is 0.119 e. The van der Waals surface area contributed by atoms with Crippen LogP contribution in [0.4, 0.5) is 0 Å². The van der Waals surface area contributed by atoms with Crippen LogP contribution in [0.15, 0.2) is 74.4 Å². The van der Waals surface area contributed by atoms with Gasteiger partial charge in [-0.1, -0.05) is 0 Å². The molecule has 0 fully saturated rings. The molecule has 5 aromatic rings. The second-order valence-corrected chi connectivity index (χ2v) is 5.98. The van der Waals surface area contributed by atoms with Gasteiger partial charge in [0.05, 0.1) is 24.8 Å². The van der Waals surface area contributed by atoms with Crippen molar-refractivity contribution >= 4 is 0 Å². The quantitative estimate of drug-likeness (QED) is 0.449. The third-order valence-corrected chi connectivity index (χ3v) is 4.12. The fourth-order valence-corrected chi connectivity index (χ4v) is 2.84. The zero-order valence-corrected chi connectivity index (χ0v) is 15.4. The summed E-state index contributed by atoms with van der Waals surface area (Å²) in [5.74, 6) is 0. The van der Waals surface area contributed by atoms with Gasteiger partial charge in [-0.15, -0.1) is 0 Å². The summed E-state index contributed by atoms with van der Waals surface area (Å²) in [6.07, 6.45) is 19.2. The van der Waals surface area contributed by atoms with Crippen LogP contribution in [0.2, 0.25) is 0 Å². The van der Waals surface area contributed by atoms with Crippen molar-refractivity contribution in [3.8, 4) is 45.6 Å². The second-order valence-electron chi connectivity index (χ2n) is 5.98. The summed E-state index contributed by atoms with van der Waals surface area (Å²) in [6.45, 7) is 0. The lowest BCUT2D eigenvalue weighted by atomic mass is 10.1. The van der Waals surface area contributed by atoms with E-state index in [1.807, 2.05) is 0 Å². The number of hydrogen-bond donors (Lipinski definition) is 0. The minimum Gasteiger partial charge on any atom is -0.261 e. The van der Waals surface area contributed by atoms with E-state index in [1.165, 1.54) is 0 Å². The molecule has 0 N–H and O–H groups in total. The Labute approximate surface area is 170 Å². The minimum atomic E-state index is 0.497. The van der Waals surface area contributed by atoms with Crippen LogP contribution in [0.1, 0.15) is 0 Å². The Morgan fingerprint density at radius 2 is 0.600 bits per heavy atom. The number of nitrogens with zero attached hydrogens (tertiary/aromatic N) is 10. The summed E-state index contributed by atoms with van der Waals surface area (Å²) in [4.78, 5) is 44.0. The van der Waals surface area contributed by atoms with Gasteiger partial charge >= 0.3 is 0 Å². The van der Waals surface area contributed by atoms with Crippen LogP contribution in [0.5, 0.6) is 0 Å². The van der Waals surface area contributed by atoms with Crippen molar-refractivity contribution < 1.29 is 0 Å². The lowest BCUT2D eigenvalue weighted by molar-refractivity contribution is 1.09. The molecule has 10 heteroatoms. The Hall–Kier alpha value is -4.60. The Morgan fingerprint density at radius 3 is 0.800 bits per heavy atom. The molecule has 0 saturated carbocycles. The molecular formula is C20H12N10. The van der Waals surface area contributed by atoms with E-state index in [4.69, 9.17) is 9.97 Å². The molecule has 0 bridgehead atoms. The molecule has 0 unspecified atom stereocenters. The molecule has 0 amide bonds. The van der Waals surface area contributed by atoms with E-state index in [0.717, 1.165) is 0 Å². The van der Waals surface area contributed by atoms with Crippen molar-refractivity contribution in [1.82, 2.24) is 49.8 Å². The van der Waals surface area contributed by atoms with Crippen molar-refractivity contribution in [3.63, 3.8) is 0 Å². The van der Waals surface area contributed by atoms with Gasteiger partial charge in [0.2, 0.25) is 0 Å². The zero-order valence-electron chi connectivity index (χ0n) is 15.4. The number of rotatable bonds is 4. The van der Waals surface area contributed by atoms with Gasteiger partial charge in [-0.3, -0.25) is 39.9 Å². The highest BCUT2D eigenvalue weighted by molar-refractivity contribution is 5.82. The van der Waals surface area contributed by atoms with Gasteiger partial charge in [0.1, 0.15) is 45.6 Å². The van der Waals surface area contributed by atoms with E-state index < -0.39 is 0 Å². The zero-order chi connectivity index (χ0) is 20.2.